The standard InChI is InChI=1S/C14H11Br2N3O/c1-20-13-7-9(3-4-10(13)16)19-12-5-2-8(15)6-11(12)18-14(19)17/h2-7H,1H3,(H2,17,18). The summed E-state index contributed by atoms with van der Waals surface area (Å²) in [5.74, 6) is 1.20. The zero-order valence-corrected chi connectivity index (χ0v) is 13.8. The van der Waals surface area contributed by atoms with Gasteiger partial charge in [0.1, 0.15) is 5.75 Å². The molecular weight excluding hydrogens is 386 g/mol. The highest BCUT2D eigenvalue weighted by atomic mass is 79.9. The number of halogens is 2. The quantitative estimate of drug-likeness (QED) is 0.708. The number of imidazole rings is 1. The van der Waals surface area contributed by atoms with Crippen LogP contribution in [0.15, 0.2) is 45.3 Å². The third-order valence-corrected chi connectivity index (χ3v) is 4.18. The summed E-state index contributed by atoms with van der Waals surface area (Å²) in [5.41, 5.74) is 8.76. The van der Waals surface area contributed by atoms with Crippen molar-refractivity contribution in [2.45, 2.75) is 0 Å². The molecule has 0 saturated heterocycles. The third-order valence-electron chi connectivity index (χ3n) is 3.04. The minimum Gasteiger partial charge on any atom is -0.495 e. The number of anilines is 1. The number of fused-ring (bicyclic) bond motifs is 1. The summed E-state index contributed by atoms with van der Waals surface area (Å²) in [6, 6.07) is 11.7. The summed E-state index contributed by atoms with van der Waals surface area (Å²) in [5, 5.41) is 0. The van der Waals surface area contributed by atoms with Gasteiger partial charge in [0, 0.05) is 10.5 Å². The van der Waals surface area contributed by atoms with Crippen LogP contribution in [0.3, 0.4) is 0 Å². The van der Waals surface area contributed by atoms with Gasteiger partial charge in [0.15, 0.2) is 0 Å². The van der Waals surface area contributed by atoms with Crippen molar-refractivity contribution in [3.8, 4) is 11.4 Å². The highest BCUT2D eigenvalue weighted by Gasteiger charge is 2.12. The molecule has 0 radical (unpaired) electrons. The molecule has 0 bridgehead atoms. The lowest BCUT2D eigenvalue weighted by Gasteiger charge is -2.10. The van der Waals surface area contributed by atoms with E-state index in [-0.39, 0.29) is 0 Å². The second kappa shape index (κ2) is 5.10. The number of rotatable bonds is 2. The van der Waals surface area contributed by atoms with E-state index in [0.717, 1.165) is 31.4 Å². The van der Waals surface area contributed by atoms with Crippen LogP contribution in [0.1, 0.15) is 0 Å². The molecule has 6 heteroatoms. The molecule has 0 aliphatic rings. The molecule has 0 fully saturated rings. The van der Waals surface area contributed by atoms with E-state index in [0.29, 0.717) is 5.95 Å². The van der Waals surface area contributed by atoms with E-state index in [4.69, 9.17) is 10.5 Å². The van der Waals surface area contributed by atoms with Crippen LogP contribution in [-0.4, -0.2) is 16.7 Å². The average molecular weight is 397 g/mol. The first-order valence-electron chi connectivity index (χ1n) is 5.87. The van der Waals surface area contributed by atoms with Gasteiger partial charge in [0.25, 0.3) is 0 Å². The van der Waals surface area contributed by atoms with Gasteiger partial charge in [0.2, 0.25) is 5.95 Å². The Morgan fingerprint density at radius 3 is 2.70 bits per heavy atom. The Hall–Kier alpha value is -1.53. The van der Waals surface area contributed by atoms with Gasteiger partial charge in [-0.3, -0.25) is 4.57 Å². The van der Waals surface area contributed by atoms with E-state index in [9.17, 15) is 0 Å². The Morgan fingerprint density at radius 2 is 1.95 bits per heavy atom. The van der Waals surface area contributed by atoms with E-state index in [1.54, 1.807) is 7.11 Å². The predicted octanol–water partition coefficient (Wildman–Crippen LogP) is 4.14. The van der Waals surface area contributed by atoms with Crippen molar-refractivity contribution < 1.29 is 4.74 Å². The molecule has 4 nitrogen and oxygen atoms in total. The second-order valence-corrected chi connectivity index (χ2v) is 6.03. The van der Waals surface area contributed by atoms with Gasteiger partial charge in [-0.25, -0.2) is 4.98 Å². The molecule has 0 unspecified atom stereocenters. The number of nitrogens with two attached hydrogens (primary N) is 1. The van der Waals surface area contributed by atoms with Gasteiger partial charge < -0.3 is 10.5 Å². The number of benzene rings is 2. The maximum Gasteiger partial charge on any atom is 0.205 e. The maximum atomic E-state index is 6.05. The SMILES string of the molecule is COc1cc(-n2c(N)nc3cc(Br)ccc32)ccc1Br. The molecule has 20 heavy (non-hydrogen) atoms. The Balaban J connectivity index is 2.26. The normalized spacial score (nSPS) is 10.9. The fraction of sp³-hybridized carbons (Fsp3) is 0.0714. The number of methoxy groups -OCH3 is 1. The monoisotopic (exact) mass is 395 g/mol. The molecule has 102 valence electrons. The van der Waals surface area contributed by atoms with Crippen molar-refractivity contribution >= 4 is 48.8 Å². The Bertz CT molecular complexity index is 798. The summed E-state index contributed by atoms with van der Waals surface area (Å²) in [4.78, 5) is 4.39. The highest BCUT2D eigenvalue weighted by Crippen LogP contribution is 2.31. The predicted molar refractivity (Wildman–Crippen MR) is 87.4 cm³/mol. The van der Waals surface area contributed by atoms with Crippen LogP contribution in [0.5, 0.6) is 5.75 Å². The number of aromatic nitrogens is 2. The summed E-state index contributed by atoms with van der Waals surface area (Å²) in [6.45, 7) is 0. The van der Waals surface area contributed by atoms with Crippen molar-refractivity contribution in [1.29, 1.82) is 0 Å². The summed E-state index contributed by atoms with van der Waals surface area (Å²) >= 11 is 6.88. The molecule has 0 amide bonds. The van der Waals surface area contributed by atoms with E-state index in [1.165, 1.54) is 0 Å². The summed E-state index contributed by atoms with van der Waals surface area (Å²) in [7, 11) is 1.64. The number of nitrogen functional groups attached to an aromatic ring is 1. The lowest BCUT2D eigenvalue weighted by Crippen LogP contribution is -2.01. The van der Waals surface area contributed by atoms with Crippen LogP contribution in [0.4, 0.5) is 5.95 Å². The Kier molecular flexibility index (Phi) is 3.43. The van der Waals surface area contributed by atoms with Crippen LogP contribution in [0.25, 0.3) is 16.7 Å². The number of nitrogens with zero attached hydrogens (tertiary/aromatic N) is 2. The van der Waals surface area contributed by atoms with E-state index in [1.807, 2.05) is 41.0 Å². The third kappa shape index (κ3) is 2.19. The van der Waals surface area contributed by atoms with Gasteiger partial charge >= 0.3 is 0 Å². The molecule has 0 aliphatic heterocycles. The first-order valence-corrected chi connectivity index (χ1v) is 7.46. The van der Waals surface area contributed by atoms with Gasteiger partial charge in [0.05, 0.1) is 28.3 Å². The van der Waals surface area contributed by atoms with Crippen molar-refractivity contribution in [2.75, 3.05) is 12.8 Å². The van der Waals surface area contributed by atoms with Crippen molar-refractivity contribution in [2.24, 2.45) is 0 Å². The molecule has 3 aromatic rings. The zero-order chi connectivity index (χ0) is 14.3. The van der Waals surface area contributed by atoms with E-state index >= 15 is 0 Å². The largest absolute Gasteiger partial charge is 0.495 e. The zero-order valence-electron chi connectivity index (χ0n) is 10.6. The van der Waals surface area contributed by atoms with Crippen LogP contribution in [-0.2, 0) is 0 Å². The maximum absolute atomic E-state index is 6.05. The topological polar surface area (TPSA) is 53.1 Å². The van der Waals surface area contributed by atoms with Gasteiger partial charge in [-0.05, 0) is 46.3 Å². The molecule has 0 aliphatic carbocycles. The molecule has 0 atom stereocenters. The van der Waals surface area contributed by atoms with Gasteiger partial charge in [-0.15, -0.1) is 0 Å². The van der Waals surface area contributed by atoms with Crippen molar-refractivity contribution in [1.82, 2.24) is 9.55 Å². The molecule has 1 heterocycles. The van der Waals surface area contributed by atoms with Crippen LogP contribution < -0.4 is 10.5 Å². The van der Waals surface area contributed by atoms with E-state index < -0.39 is 0 Å². The molecule has 0 spiro atoms. The number of hydrogen-bond donors (Lipinski definition) is 1. The van der Waals surface area contributed by atoms with Gasteiger partial charge in [-0.1, -0.05) is 15.9 Å². The van der Waals surface area contributed by atoms with Crippen molar-refractivity contribution in [3.63, 3.8) is 0 Å². The van der Waals surface area contributed by atoms with Crippen LogP contribution >= 0.6 is 31.9 Å². The van der Waals surface area contributed by atoms with E-state index in [2.05, 4.69) is 36.8 Å². The van der Waals surface area contributed by atoms with Crippen LogP contribution in [0.2, 0.25) is 0 Å². The van der Waals surface area contributed by atoms with Crippen LogP contribution in [0, 0.1) is 0 Å². The fourth-order valence-corrected chi connectivity index (χ4v) is 2.89. The lowest BCUT2D eigenvalue weighted by molar-refractivity contribution is 0.412. The summed E-state index contributed by atoms with van der Waals surface area (Å²) in [6.07, 6.45) is 0. The number of ether oxygens (including phenoxy) is 1. The average Bonchev–Trinajstić information content (AvgIpc) is 2.74. The molecule has 2 aromatic carbocycles. The first-order chi connectivity index (χ1) is 9.60. The Morgan fingerprint density at radius 1 is 1.15 bits per heavy atom. The molecule has 0 saturated carbocycles. The second-order valence-electron chi connectivity index (χ2n) is 4.26. The molecule has 2 N–H and O–H groups in total. The molecule has 3 rings (SSSR count). The summed E-state index contributed by atoms with van der Waals surface area (Å²) < 4.78 is 9.10. The Labute approximate surface area is 132 Å². The fourth-order valence-electron chi connectivity index (χ4n) is 2.13. The van der Waals surface area contributed by atoms with Gasteiger partial charge in [-0.2, -0.15) is 0 Å². The molecule has 1 aromatic heterocycles. The minimum atomic E-state index is 0.447. The highest BCUT2D eigenvalue weighted by molar-refractivity contribution is 9.10. The first kappa shape index (κ1) is 13.5. The lowest BCUT2D eigenvalue weighted by atomic mass is 10.2. The van der Waals surface area contributed by atoms with Crippen molar-refractivity contribution in [3.05, 3.63) is 45.3 Å². The molecular formula is C14H11Br2N3O. The smallest absolute Gasteiger partial charge is 0.205 e. The number of hydrogen-bond acceptors (Lipinski definition) is 3. The minimum absolute atomic E-state index is 0.447.